The minimum absolute atomic E-state index is 0.0371. The van der Waals surface area contributed by atoms with Gasteiger partial charge in [-0.2, -0.15) is 0 Å². The molecule has 0 unspecified atom stereocenters. The maximum Gasteiger partial charge on any atom is 0.338 e. The molecular weight excluding hydrogens is 288 g/mol. The van der Waals surface area contributed by atoms with Gasteiger partial charge in [-0.1, -0.05) is 20.8 Å². The molecule has 22 heavy (non-hydrogen) atoms. The second-order valence-corrected chi connectivity index (χ2v) is 5.77. The van der Waals surface area contributed by atoms with E-state index in [1.807, 2.05) is 6.92 Å². The summed E-state index contributed by atoms with van der Waals surface area (Å²) in [5.74, 6) is -0.983. The highest BCUT2D eigenvalue weighted by Crippen LogP contribution is 2.26. The Hall–Kier alpha value is -2.44. The molecule has 7 nitrogen and oxygen atoms in total. The van der Waals surface area contributed by atoms with Gasteiger partial charge in [0.05, 0.1) is 10.5 Å². The number of rotatable bonds is 6. The topological polar surface area (TPSA) is 98.5 Å². The standard InChI is InChI=1S/C15H20N2O5/c1-5-16-11-7-6-10(8-12(11)17(20)21)14(19)22-9-13(18)15(2,3)4/h6-8,16H,5,9H2,1-4H3. The number of esters is 1. The van der Waals surface area contributed by atoms with Crippen molar-refractivity contribution >= 4 is 23.1 Å². The van der Waals surface area contributed by atoms with Crippen LogP contribution in [-0.2, 0) is 9.53 Å². The number of Topliss-reactive ketones (excluding diaryl/α,β-unsaturated/α-hetero) is 1. The number of carbonyl (C=O) groups excluding carboxylic acids is 2. The predicted molar refractivity (Wildman–Crippen MR) is 82.0 cm³/mol. The van der Waals surface area contributed by atoms with Gasteiger partial charge in [0.15, 0.2) is 12.4 Å². The summed E-state index contributed by atoms with van der Waals surface area (Å²) in [6.45, 7) is 7.14. The first kappa shape index (κ1) is 17.6. The Balaban J connectivity index is 2.88. The highest BCUT2D eigenvalue weighted by atomic mass is 16.6. The molecule has 1 aromatic carbocycles. The lowest BCUT2D eigenvalue weighted by molar-refractivity contribution is -0.384. The van der Waals surface area contributed by atoms with E-state index in [1.165, 1.54) is 12.1 Å². The zero-order chi connectivity index (χ0) is 16.9. The normalized spacial score (nSPS) is 10.9. The minimum Gasteiger partial charge on any atom is -0.454 e. The maximum absolute atomic E-state index is 11.9. The zero-order valence-electron chi connectivity index (χ0n) is 13.1. The number of nitro groups is 1. The van der Waals surface area contributed by atoms with Crippen molar-refractivity contribution in [2.24, 2.45) is 5.41 Å². The average molecular weight is 308 g/mol. The van der Waals surface area contributed by atoms with E-state index in [0.29, 0.717) is 12.2 Å². The lowest BCUT2D eigenvalue weighted by atomic mass is 9.91. The van der Waals surface area contributed by atoms with Crippen molar-refractivity contribution in [1.29, 1.82) is 0 Å². The monoisotopic (exact) mass is 308 g/mol. The Morgan fingerprint density at radius 3 is 2.45 bits per heavy atom. The molecule has 0 amide bonds. The first-order valence-corrected chi connectivity index (χ1v) is 6.89. The molecule has 1 N–H and O–H groups in total. The lowest BCUT2D eigenvalue weighted by Gasteiger charge is -2.16. The quantitative estimate of drug-likeness (QED) is 0.493. The van der Waals surface area contributed by atoms with Crippen molar-refractivity contribution in [3.05, 3.63) is 33.9 Å². The van der Waals surface area contributed by atoms with Crippen LogP contribution in [0.15, 0.2) is 18.2 Å². The number of carbonyl (C=O) groups is 2. The molecule has 1 rings (SSSR count). The van der Waals surface area contributed by atoms with E-state index in [-0.39, 0.29) is 23.6 Å². The summed E-state index contributed by atoms with van der Waals surface area (Å²) in [7, 11) is 0. The van der Waals surface area contributed by atoms with E-state index in [4.69, 9.17) is 4.74 Å². The maximum atomic E-state index is 11.9. The zero-order valence-corrected chi connectivity index (χ0v) is 13.1. The van der Waals surface area contributed by atoms with Gasteiger partial charge in [-0.3, -0.25) is 14.9 Å². The van der Waals surface area contributed by atoms with E-state index in [0.717, 1.165) is 6.07 Å². The molecule has 0 fully saturated rings. The molecular formula is C15H20N2O5. The molecule has 7 heteroatoms. The van der Waals surface area contributed by atoms with E-state index in [2.05, 4.69) is 5.32 Å². The van der Waals surface area contributed by atoms with E-state index < -0.39 is 16.3 Å². The van der Waals surface area contributed by atoms with Crippen molar-refractivity contribution in [2.75, 3.05) is 18.5 Å². The third-order valence-electron chi connectivity index (χ3n) is 2.97. The second-order valence-electron chi connectivity index (χ2n) is 5.77. The fourth-order valence-electron chi connectivity index (χ4n) is 1.58. The molecule has 0 aromatic heterocycles. The van der Waals surface area contributed by atoms with Gasteiger partial charge in [0.25, 0.3) is 5.69 Å². The molecule has 0 aliphatic carbocycles. The van der Waals surface area contributed by atoms with E-state index >= 15 is 0 Å². The van der Waals surface area contributed by atoms with Crippen LogP contribution in [-0.4, -0.2) is 29.8 Å². The molecule has 0 saturated heterocycles. The first-order chi connectivity index (χ1) is 10.2. The highest BCUT2D eigenvalue weighted by Gasteiger charge is 2.23. The third-order valence-corrected chi connectivity index (χ3v) is 2.97. The lowest BCUT2D eigenvalue weighted by Crippen LogP contribution is -2.26. The SMILES string of the molecule is CCNc1ccc(C(=O)OCC(=O)C(C)(C)C)cc1[N+](=O)[O-]. The van der Waals surface area contributed by atoms with Crippen molar-refractivity contribution < 1.29 is 19.2 Å². The fraction of sp³-hybridized carbons (Fsp3) is 0.467. The van der Waals surface area contributed by atoms with Crippen LogP contribution >= 0.6 is 0 Å². The molecule has 0 radical (unpaired) electrons. The molecule has 0 spiro atoms. The van der Waals surface area contributed by atoms with Gasteiger partial charge in [-0.05, 0) is 19.1 Å². The Bertz CT molecular complexity index is 590. The van der Waals surface area contributed by atoms with Gasteiger partial charge in [-0.15, -0.1) is 0 Å². The van der Waals surface area contributed by atoms with Crippen LogP contribution in [0.1, 0.15) is 38.1 Å². The number of ether oxygens (including phenoxy) is 1. The number of anilines is 1. The molecule has 120 valence electrons. The highest BCUT2D eigenvalue weighted by molar-refractivity contribution is 5.94. The van der Waals surface area contributed by atoms with Crippen LogP contribution in [0.3, 0.4) is 0 Å². The van der Waals surface area contributed by atoms with Crippen LogP contribution in [0.5, 0.6) is 0 Å². The summed E-state index contributed by atoms with van der Waals surface area (Å²) >= 11 is 0. The van der Waals surface area contributed by atoms with E-state index in [1.54, 1.807) is 20.8 Å². The largest absolute Gasteiger partial charge is 0.454 e. The van der Waals surface area contributed by atoms with Crippen molar-refractivity contribution in [1.82, 2.24) is 0 Å². The summed E-state index contributed by atoms with van der Waals surface area (Å²) in [4.78, 5) is 34.1. The summed E-state index contributed by atoms with van der Waals surface area (Å²) in [6.07, 6.45) is 0. The van der Waals surface area contributed by atoms with E-state index in [9.17, 15) is 19.7 Å². The number of nitro benzene ring substituents is 1. The van der Waals surface area contributed by atoms with Crippen molar-refractivity contribution in [3.8, 4) is 0 Å². The average Bonchev–Trinajstić information content (AvgIpc) is 2.43. The Morgan fingerprint density at radius 1 is 1.32 bits per heavy atom. The van der Waals surface area contributed by atoms with Crippen LogP contribution in [0.25, 0.3) is 0 Å². The van der Waals surface area contributed by atoms with Gasteiger partial charge in [-0.25, -0.2) is 4.79 Å². The van der Waals surface area contributed by atoms with Crippen LogP contribution in [0.4, 0.5) is 11.4 Å². The van der Waals surface area contributed by atoms with Crippen molar-refractivity contribution in [3.63, 3.8) is 0 Å². The summed E-state index contributed by atoms with van der Waals surface area (Å²) in [6, 6.07) is 4.01. The van der Waals surface area contributed by atoms with Gasteiger partial charge in [0, 0.05) is 18.0 Å². The summed E-state index contributed by atoms with van der Waals surface area (Å²) in [5, 5.41) is 13.9. The summed E-state index contributed by atoms with van der Waals surface area (Å²) in [5.41, 5.74) is -0.454. The van der Waals surface area contributed by atoms with Crippen LogP contribution in [0.2, 0.25) is 0 Å². The third kappa shape index (κ3) is 4.54. The smallest absolute Gasteiger partial charge is 0.338 e. The molecule has 1 aromatic rings. The molecule has 0 aliphatic rings. The Labute approximate surface area is 128 Å². The van der Waals surface area contributed by atoms with Gasteiger partial charge in [0.1, 0.15) is 5.69 Å². The Kier molecular flexibility index (Phi) is 5.62. The molecule has 0 aliphatic heterocycles. The number of nitrogens with zero attached hydrogens (tertiary/aromatic N) is 1. The van der Waals surface area contributed by atoms with Crippen LogP contribution < -0.4 is 5.32 Å². The molecule has 0 bridgehead atoms. The number of benzene rings is 1. The number of ketones is 1. The van der Waals surface area contributed by atoms with Gasteiger partial charge >= 0.3 is 5.97 Å². The molecule has 0 atom stereocenters. The molecule has 0 heterocycles. The van der Waals surface area contributed by atoms with Crippen LogP contribution in [0, 0.1) is 15.5 Å². The number of hydrogen-bond donors (Lipinski definition) is 1. The first-order valence-electron chi connectivity index (χ1n) is 6.89. The number of nitrogens with one attached hydrogen (secondary N) is 1. The molecule has 0 saturated carbocycles. The van der Waals surface area contributed by atoms with Gasteiger partial charge in [0.2, 0.25) is 0 Å². The predicted octanol–water partition coefficient (Wildman–Crippen LogP) is 2.80. The summed E-state index contributed by atoms with van der Waals surface area (Å²) < 4.78 is 4.92. The van der Waals surface area contributed by atoms with Gasteiger partial charge < -0.3 is 10.1 Å². The Morgan fingerprint density at radius 2 is 1.95 bits per heavy atom. The minimum atomic E-state index is -0.760. The second kappa shape index (κ2) is 7.02. The fourth-order valence-corrected chi connectivity index (χ4v) is 1.58. The number of hydrogen-bond acceptors (Lipinski definition) is 6. The van der Waals surface area contributed by atoms with Crippen molar-refractivity contribution in [2.45, 2.75) is 27.7 Å².